The van der Waals surface area contributed by atoms with Gasteiger partial charge in [-0.3, -0.25) is 0 Å². The predicted octanol–water partition coefficient (Wildman–Crippen LogP) is 3.58. The average molecular weight is 282 g/mol. The molecule has 112 valence electrons. The summed E-state index contributed by atoms with van der Waals surface area (Å²) in [6.45, 7) is 3.99. The molecule has 5 nitrogen and oxygen atoms in total. The lowest BCUT2D eigenvalue weighted by Crippen LogP contribution is -2.08. The number of hydrogen-bond acceptors (Lipinski definition) is 4. The van der Waals surface area contributed by atoms with Crippen molar-refractivity contribution in [2.24, 2.45) is 0 Å². The quantitative estimate of drug-likeness (QED) is 0.452. The van der Waals surface area contributed by atoms with Gasteiger partial charge in [-0.25, -0.2) is 4.79 Å². The Kier molecular flexibility index (Phi) is 5.67. The van der Waals surface area contributed by atoms with Gasteiger partial charge >= 0.3 is 5.97 Å². The van der Waals surface area contributed by atoms with Gasteiger partial charge < -0.3 is 20.4 Å². The monoisotopic (exact) mass is 282 g/mol. The largest absolute Gasteiger partial charge is 0.504 e. The van der Waals surface area contributed by atoms with Gasteiger partial charge in [-0.05, 0) is 24.8 Å². The zero-order valence-corrected chi connectivity index (χ0v) is 11.9. The minimum absolute atomic E-state index is 0.152. The number of carbonyl (C=O) groups is 1. The average Bonchev–Trinajstić information content (AvgIpc) is 2.41. The van der Waals surface area contributed by atoms with E-state index >= 15 is 0 Å². The van der Waals surface area contributed by atoms with Crippen LogP contribution in [-0.2, 0) is 0 Å². The van der Waals surface area contributed by atoms with E-state index in [4.69, 9.17) is 0 Å². The molecule has 4 N–H and O–H groups in total. The number of carboxylic acid groups (broad SMARTS) is 1. The van der Waals surface area contributed by atoms with Crippen LogP contribution in [0.2, 0.25) is 0 Å². The summed E-state index contributed by atoms with van der Waals surface area (Å²) in [6, 6.07) is 0.995. The van der Waals surface area contributed by atoms with Crippen LogP contribution in [0.15, 0.2) is 6.07 Å². The van der Waals surface area contributed by atoms with E-state index < -0.39 is 23.2 Å². The van der Waals surface area contributed by atoms with Crippen LogP contribution >= 0.6 is 0 Å². The molecule has 1 unspecified atom stereocenters. The molecule has 0 spiro atoms. The third kappa shape index (κ3) is 3.35. The van der Waals surface area contributed by atoms with Gasteiger partial charge in [0.05, 0.1) is 5.56 Å². The Morgan fingerprint density at radius 1 is 1.15 bits per heavy atom. The number of rotatable bonds is 7. The van der Waals surface area contributed by atoms with Gasteiger partial charge in [0.1, 0.15) is 0 Å². The number of benzene rings is 1. The summed E-state index contributed by atoms with van der Waals surface area (Å²) in [4.78, 5) is 11.3. The van der Waals surface area contributed by atoms with Crippen molar-refractivity contribution in [1.82, 2.24) is 0 Å². The van der Waals surface area contributed by atoms with Crippen molar-refractivity contribution in [3.05, 3.63) is 17.2 Å². The van der Waals surface area contributed by atoms with Crippen molar-refractivity contribution in [1.29, 1.82) is 0 Å². The molecule has 0 heterocycles. The minimum Gasteiger partial charge on any atom is -0.504 e. The molecule has 0 aliphatic rings. The van der Waals surface area contributed by atoms with Crippen molar-refractivity contribution >= 4 is 5.97 Å². The third-order valence-electron chi connectivity index (χ3n) is 3.58. The highest BCUT2D eigenvalue weighted by Crippen LogP contribution is 2.45. The fourth-order valence-corrected chi connectivity index (χ4v) is 2.44. The van der Waals surface area contributed by atoms with E-state index in [1.807, 2.05) is 6.92 Å². The van der Waals surface area contributed by atoms with Gasteiger partial charge in [0.25, 0.3) is 0 Å². The third-order valence-corrected chi connectivity index (χ3v) is 3.58. The summed E-state index contributed by atoms with van der Waals surface area (Å²) in [7, 11) is 0. The molecule has 0 amide bonds. The molecule has 0 saturated carbocycles. The Hall–Kier alpha value is -1.91. The van der Waals surface area contributed by atoms with E-state index in [9.17, 15) is 25.2 Å². The molecule has 0 radical (unpaired) electrons. The highest BCUT2D eigenvalue weighted by molar-refractivity contribution is 5.92. The summed E-state index contributed by atoms with van der Waals surface area (Å²) in [5, 5.41) is 38.3. The summed E-state index contributed by atoms with van der Waals surface area (Å²) in [6.07, 6.45) is 4.40. The van der Waals surface area contributed by atoms with Crippen LogP contribution in [-0.4, -0.2) is 26.4 Å². The maximum Gasteiger partial charge on any atom is 0.336 e. The fourth-order valence-electron chi connectivity index (χ4n) is 2.44. The van der Waals surface area contributed by atoms with Crippen molar-refractivity contribution in [2.75, 3.05) is 0 Å². The highest BCUT2D eigenvalue weighted by atomic mass is 16.4. The first kappa shape index (κ1) is 16.1. The van der Waals surface area contributed by atoms with Crippen molar-refractivity contribution in [3.8, 4) is 17.2 Å². The van der Waals surface area contributed by atoms with E-state index in [0.29, 0.717) is 6.42 Å². The molecule has 1 rings (SSSR count). The molecule has 0 bridgehead atoms. The molecule has 5 heteroatoms. The molecule has 0 aliphatic heterocycles. The Morgan fingerprint density at radius 3 is 2.30 bits per heavy atom. The van der Waals surface area contributed by atoms with Gasteiger partial charge in [-0.1, -0.05) is 33.1 Å². The Labute approximate surface area is 118 Å². The molecule has 20 heavy (non-hydrogen) atoms. The maximum atomic E-state index is 11.3. The lowest BCUT2D eigenvalue weighted by Gasteiger charge is -2.20. The van der Waals surface area contributed by atoms with Crippen molar-refractivity contribution in [2.45, 2.75) is 51.9 Å². The molecule has 0 aromatic heterocycles. The standard InChI is InChI=1S/C15H22O5/c1-3-5-6-7-9(4-2)12-10(15(19)20)8-11(16)13(17)14(12)18/h8-9,16-18H,3-7H2,1-2H3,(H,19,20). The van der Waals surface area contributed by atoms with E-state index in [-0.39, 0.29) is 17.0 Å². The first-order valence-corrected chi connectivity index (χ1v) is 6.95. The van der Waals surface area contributed by atoms with Gasteiger partial charge in [0.2, 0.25) is 5.75 Å². The lowest BCUT2D eigenvalue weighted by atomic mass is 9.86. The number of hydrogen-bond donors (Lipinski definition) is 4. The fraction of sp³-hybridized carbons (Fsp3) is 0.533. The van der Waals surface area contributed by atoms with Crippen LogP contribution in [0, 0.1) is 0 Å². The second-order valence-electron chi connectivity index (χ2n) is 4.96. The molecule has 0 fully saturated rings. The smallest absolute Gasteiger partial charge is 0.336 e. The second kappa shape index (κ2) is 7.03. The number of carboxylic acids is 1. The van der Waals surface area contributed by atoms with E-state index in [1.165, 1.54) is 0 Å². The van der Waals surface area contributed by atoms with E-state index in [2.05, 4.69) is 6.92 Å². The van der Waals surface area contributed by atoms with Gasteiger partial charge in [-0.15, -0.1) is 0 Å². The molecule has 1 aromatic rings. The van der Waals surface area contributed by atoms with Crippen LogP contribution in [0.4, 0.5) is 0 Å². The number of unbranched alkanes of at least 4 members (excludes halogenated alkanes) is 2. The molecular weight excluding hydrogens is 260 g/mol. The van der Waals surface area contributed by atoms with Gasteiger partial charge in [0.15, 0.2) is 11.5 Å². The Morgan fingerprint density at radius 2 is 1.80 bits per heavy atom. The van der Waals surface area contributed by atoms with Crippen LogP contribution in [0.3, 0.4) is 0 Å². The van der Waals surface area contributed by atoms with Crippen LogP contribution in [0.25, 0.3) is 0 Å². The SMILES string of the molecule is CCCCCC(CC)c1c(C(=O)O)cc(O)c(O)c1O. The number of phenolic OH excluding ortho intramolecular Hbond substituents is 3. The van der Waals surface area contributed by atoms with Crippen LogP contribution in [0.1, 0.15) is 67.8 Å². The van der Waals surface area contributed by atoms with Crippen LogP contribution in [0.5, 0.6) is 17.2 Å². The van der Waals surface area contributed by atoms with Crippen molar-refractivity contribution in [3.63, 3.8) is 0 Å². The first-order chi connectivity index (χ1) is 9.43. The van der Waals surface area contributed by atoms with E-state index in [1.54, 1.807) is 0 Å². The highest BCUT2D eigenvalue weighted by Gasteiger charge is 2.26. The van der Waals surface area contributed by atoms with Gasteiger partial charge in [0, 0.05) is 5.56 Å². The number of phenols is 3. The zero-order valence-electron chi connectivity index (χ0n) is 11.9. The summed E-state index contributed by atoms with van der Waals surface area (Å²) >= 11 is 0. The topological polar surface area (TPSA) is 98.0 Å². The van der Waals surface area contributed by atoms with Gasteiger partial charge in [-0.2, -0.15) is 0 Å². The Bertz CT molecular complexity index is 482. The molecule has 0 saturated heterocycles. The van der Waals surface area contributed by atoms with E-state index in [0.717, 1.165) is 31.7 Å². The molecular formula is C15H22O5. The maximum absolute atomic E-state index is 11.3. The molecule has 0 aliphatic carbocycles. The molecule has 1 atom stereocenters. The lowest BCUT2D eigenvalue weighted by molar-refractivity contribution is 0.0693. The normalized spacial score (nSPS) is 12.3. The molecule has 1 aromatic carbocycles. The second-order valence-corrected chi connectivity index (χ2v) is 4.96. The van der Waals surface area contributed by atoms with Crippen molar-refractivity contribution < 1.29 is 25.2 Å². The summed E-state index contributed by atoms with van der Waals surface area (Å²) < 4.78 is 0. The van der Waals surface area contributed by atoms with Crippen LogP contribution < -0.4 is 0 Å². The zero-order chi connectivity index (χ0) is 15.3. The number of aromatic carboxylic acids is 1. The Balaban J connectivity index is 3.25. The predicted molar refractivity (Wildman–Crippen MR) is 75.6 cm³/mol. The first-order valence-electron chi connectivity index (χ1n) is 6.95. The summed E-state index contributed by atoms with van der Waals surface area (Å²) in [5.41, 5.74) is 0.0625. The minimum atomic E-state index is -1.22. The summed E-state index contributed by atoms with van der Waals surface area (Å²) in [5.74, 6) is -3.17. The number of aromatic hydroxyl groups is 3.